The minimum atomic E-state index is -0.729. The van der Waals surface area contributed by atoms with Crippen molar-refractivity contribution in [2.75, 3.05) is 26.4 Å². The Morgan fingerprint density at radius 3 is 1.27 bits per heavy atom. The maximum absolute atomic E-state index is 12.2. The molecule has 0 bridgehead atoms. The summed E-state index contributed by atoms with van der Waals surface area (Å²) >= 11 is 0. The van der Waals surface area contributed by atoms with Crippen LogP contribution in [0.15, 0.2) is 0 Å². The lowest BCUT2D eigenvalue weighted by Gasteiger charge is -2.02. The maximum atomic E-state index is 12.2. The molecule has 2 aromatic heterocycles. The first kappa shape index (κ1) is 25.6. The zero-order chi connectivity index (χ0) is 24.4. The molecule has 0 saturated carbocycles. The minimum Gasteiger partial charge on any atom is -0.461 e. The summed E-state index contributed by atoms with van der Waals surface area (Å²) in [6, 6.07) is 0. The first-order chi connectivity index (χ1) is 15.9. The van der Waals surface area contributed by atoms with Gasteiger partial charge in [0, 0.05) is 12.8 Å². The van der Waals surface area contributed by atoms with Crippen molar-refractivity contribution in [3.05, 3.63) is 34.4 Å². The van der Waals surface area contributed by atoms with Crippen LogP contribution in [0, 0.1) is 0 Å². The van der Waals surface area contributed by atoms with E-state index in [9.17, 15) is 19.2 Å². The van der Waals surface area contributed by atoms with Crippen LogP contribution in [-0.4, -0.2) is 70.2 Å². The second-order valence-corrected chi connectivity index (χ2v) is 6.55. The Balaban J connectivity index is 2.15. The lowest BCUT2D eigenvalue weighted by Crippen LogP contribution is -2.13. The van der Waals surface area contributed by atoms with Crippen molar-refractivity contribution in [3.8, 4) is 0 Å². The number of hydrogen-bond donors (Lipinski definition) is 2. The molecular formula is C21H28N4O8. The molecule has 0 aliphatic heterocycles. The van der Waals surface area contributed by atoms with Gasteiger partial charge in [0.05, 0.1) is 26.4 Å². The lowest BCUT2D eigenvalue weighted by atomic mass is 10.2. The number of aromatic nitrogens is 4. The largest absolute Gasteiger partial charge is 0.461 e. The zero-order valence-electron chi connectivity index (χ0n) is 19.1. The molecule has 0 spiro atoms. The molecule has 0 amide bonds. The molecule has 2 rings (SSSR count). The van der Waals surface area contributed by atoms with E-state index in [1.807, 2.05) is 0 Å². The normalized spacial score (nSPS) is 10.5. The predicted molar refractivity (Wildman–Crippen MR) is 113 cm³/mol. The van der Waals surface area contributed by atoms with Crippen LogP contribution >= 0.6 is 0 Å². The number of imidazole rings is 2. The number of ether oxygens (including phenoxy) is 4. The van der Waals surface area contributed by atoms with Crippen LogP contribution in [-0.2, 0) is 31.8 Å². The van der Waals surface area contributed by atoms with Gasteiger partial charge in [-0.25, -0.2) is 29.1 Å². The molecule has 0 atom stereocenters. The number of carbonyl (C=O) groups is 4. The molecule has 0 aliphatic rings. The Bertz CT molecular complexity index is 845. The second-order valence-electron chi connectivity index (χ2n) is 6.55. The Kier molecular flexibility index (Phi) is 9.58. The molecule has 33 heavy (non-hydrogen) atoms. The van der Waals surface area contributed by atoms with Gasteiger partial charge in [0.2, 0.25) is 0 Å². The van der Waals surface area contributed by atoms with E-state index in [4.69, 9.17) is 18.9 Å². The van der Waals surface area contributed by atoms with Gasteiger partial charge in [-0.3, -0.25) is 0 Å². The van der Waals surface area contributed by atoms with Crippen LogP contribution in [0.25, 0.3) is 0 Å². The van der Waals surface area contributed by atoms with Gasteiger partial charge in [0.15, 0.2) is 22.8 Å². The summed E-state index contributed by atoms with van der Waals surface area (Å²) in [4.78, 5) is 62.6. The smallest absolute Gasteiger partial charge is 0.359 e. The average Bonchev–Trinajstić information content (AvgIpc) is 3.39. The van der Waals surface area contributed by atoms with Gasteiger partial charge in [-0.2, -0.15) is 0 Å². The number of rotatable bonds is 12. The van der Waals surface area contributed by atoms with Gasteiger partial charge in [-0.1, -0.05) is 0 Å². The molecular weight excluding hydrogens is 436 g/mol. The number of esters is 4. The summed E-state index contributed by atoms with van der Waals surface area (Å²) < 4.78 is 19.8. The summed E-state index contributed by atoms with van der Waals surface area (Å²) in [6.07, 6.45) is 1.15. The number of nitrogens with zero attached hydrogens (tertiary/aromatic N) is 2. The number of carbonyl (C=O) groups excluding carboxylic acids is 4. The SMILES string of the molecule is CCOC(=O)c1nc(CCCc2nc(C(=O)OCC)c(C(=O)OCC)[nH]2)[nH]c1C(=O)OCC. The van der Waals surface area contributed by atoms with Crippen molar-refractivity contribution >= 4 is 23.9 Å². The van der Waals surface area contributed by atoms with Crippen LogP contribution in [0.5, 0.6) is 0 Å². The molecule has 0 radical (unpaired) electrons. The van der Waals surface area contributed by atoms with Crippen molar-refractivity contribution in [2.24, 2.45) is 0 Å². The van der Waals surface area contributed by atoms with Gasteiger partial charge in [0.25, 0.3) is 0 Å². The summed E-state index contributed by atoms with van der Waals surface area (Å²) in [5, 5.41) is 0. The highest BCUT2D eigenvalue weighted by molar-refractivity contribution is 6.01. The molecule has 180 valence electrons. The van der Waals surface area contributed by atoms with E-state index in [1.165, 1.54) is 0 Å². The monoisotopic (exact) mass is 464 g/mol. The third kappa shape index (κ3) is 6.64. The fourth-order valence-corrected chi connectivity index (χ4v) is 2.90. The molecule has 12 nitrogen and oxygen atoms in total. The van der Waals surface area contributed by atoms with Gasteiger partial charge in [0.1, 0.15) is 11.6 Å². The average molecular weight is 464 g/mol. The molecule has 12 heteroatoms. The number of aromatic amines is 2. The predicted octanol–water partition coefficient (Wildman–Crippen LogP) is 2.01. The van der Waals surface area contributed by atoms with Crippen molar-refractivity contribution < 1.29 is 38.1 Å². The fourth-order valence-electron chi connectivity index (χ4n) is 2.90. The van der Waals surface area contributed by atoms with Gasteiger partial charge in [-0.15, -0.1) is 0 Å². The summed E-state index contributed by atoms with van der Waals surface area (Å²) in [5.41, 5.74) is -0.426. The second kappa shape index (κ2) is 12.4. The molecule has 0 unspecified atom stereocenters. The van der Waals surface area contributed by atoms with Gasteiger partial charge in [-0.05, 0) is 34.1 Å². The van der Waals surface area contributed by atoms with Crippen LogP contribution in [0.4, 0.5) is 0 Å². The molecule has 2 heterocycles. The lowest BCUT2D eigenvalue weighted by molar-refractivity contribution is 0.0471. The highest BCUT2D eigenvalue weighted by Crippen LogP contribution is 2.15. The Labute approximate surface area is 190 Å². The van der Waals surface area contributed by atoms with Crippen molar-refractivity contribution in [1.29, 1.82) is 0 Å². The third-order valence-electron chi connectivity index (χ3n) is 4.23. The van der Waals surface area contributed by atoms with Crippen LogP contribution in [0.1, 0.15) is 87.7 Å². The number of nitrogens with one attached hydrogen (secondary N) is 2. The van der Waals surface area contributed by atoms with Gasteiger partial charge < -0.3 is 28.9 Å². The molecule has 0 aromatic carbocycles. The van der Waals surface area contributed by atoms with Crippen LogP contribution < -0.4 is 0 Å². The maximum Gasteiger partial charge on any atom is 0.359 e. The van der Waals surface area contributed by atoms with E-state index in [2.05, 4.69) is 19.9 Å². The fraction of sp³-hybridized carbons (Fsp3) is 0.524. The number of H-pyrrole nitrogens is 2. The standard InChI is InChI=1S/C21H28N4O8/c1-5-30-18(26)14-15(19(27)31-6-2)23-12(22-14)10-9-11-13-24-16(20(28)32-7-3)17(25-13)21(29)33-8-4/h5-11H2,1-4H3,(H,22,23)(H,24,25). The van der Waals surface area contributed by atoms with Crippen LogP contribution in [0.3, 0.4) is 0 Å². The highest BCUT2D eigenvalue weighted by Gasteiger charge is 2.26. The zero-order valence-corrected chi connectivity index (χ0v) is 19.1. The molecule has 0 fully saturated rings. The Hall–Kier alpha value is -3.70. The number of aryl methyl sites for hydroxylation is 2. The van der Waals surface area contributed by atoms with Crippen molar-refractivity contribution in [3.63, 3.8) is 0 Å². The van der Waals surface area contributed by atoms with E-state index >= 15 is 0 Å². The van der Waals surface area contributed by atoms with Crippen molar-refractivity contribution in [1.82, 2.24) is 19.9 Å². The van der Waals surface area contributed by atoms with E-state index in [1.54, 1.807) is 27.7 Å². The van der Waals surface area contributed by atoms with E-state index < -0.39 is 23.9 Å². The topological polar surface area (TPSA) is 163 Å². The van der Waals surface area contributed by atoms with Crippen molar-refractivity contribution in [2.45, 2.75) is 47.0 Å². The van der Waals surface area contributed by atoms with Crippen LogP contribution in [0.2, 0.25) is 0 Å². The summed E-state index contributed by atoms with van der Waals surface area (Å²) in [6.45, 7) is 7.14. The minimum absolute atomic E-state index is 0.0718. The first-order valence-corrected chi connectivity index (χ1v) is 10.7. The highest BCUT2D eigenvalue weighted by atomic mass is 16.5. The first-order valence-electron chi connectivity index (χ1n) is 10.7. The Morgan fingerprint density at radius 2 is 0.939 bits per heavy atom. The molecule has 0 aliphatic carbocycles. The summed E-state index contributed by atoms with van der Waals surface area (Å²) in [5.74, 6) is -2.11. The molecule has 2 aromatic rings. The quantitative estimate of drug-likeness (QED) is 0.351. The summed E-state index contributed by atoms with van der Waals surface area (Å²) in [7, 11) is 0. The van der Waals surface area contributed by atoms with E-state index in [0.29, 0.717) is 30.9 Å². The molecule has 2 N–H and O–H groups in total. The van der Waals surface area contributed by atoms with E-state index in [-0.39, 0.29) is 49.2 Å². The Morgan fingerprint density at radius 1 is 0.606 bits per heavy atom. The third-order valence-corrected chi connectivity index (χ3v) is 4.23. The van der Waals surface area contributed by atoms with E-state index in [0.717, 1.165) is 0 Å². The number of hydrogen-bond acceptors (Lipinski definition) is 10. The molecule has 0 saturated heterocycles. The van der Waals surface area contributed by atoms with Gasteiger partial charge >= 0.3 is 23.9 Å².